The first-order valence-corrected chi connectivity index (χ1v) is 7.36. The van der Waals surface area contributed by atoms with E-state index in [9.17, 15) is 0 Å². The van der Waals surface area contributed by atoms with Crippen molar-refractivity contribution in [2.24, 2.45) is 0 Å². The van der Waals surface area contributed by atoms with E-state index in [1.54, 1.807) is 6.07 Å². The van der Waals surface area contributed by atoms with Crippen LogP contribution in [0, 0.1) is 6.92 Å². The first kappa shape index (κ1) is 12.8. The molecule has 0 spiro atoms. The van der Waals surface area contributed by atoms with Gasteiger partial charge in [-0.1, -0.05) is 11.6 Å². The van der Waals surface area contributed by atoms with E-state index in [2.05, 4.69) is 35.0 Å². The molecule has 0 bridgehead atoms. The van der Waals surface area contributed by atoms with Crippen LogP contribution in [0.5, 0.6) is 0 Å². The number of aromatic nitrogens is 3. The molecule has 0 aliphatic carbocycles. The number of aryl methyl sites for hydroxylation is 1. The van der Waals surface area contributed by atoms with Gasteiger partial charge in [-0.25, -0.2) is 4.98 Å². The van der Waals surface area contributed by atoms with Crippen LogP contribution in [0.25, 0.3) is 11.0 Å². The van der Waals surface area contributed by atoms with E-state index in [1.807, 2.05) is 25.1 Å². The summed E-state index contributed by atoms with van der Waals surface area (Å²) in [5.74, 6) is 0.725. The molecule has 1 N–H and O–H groups in total. The maximum Gasteiger partial charge on any atom is 0.130 e. The summed E-state index contributed by atoms with van der Waals surface area (Å²) in [5.41, 5.74) is 3.23. The lowest BCUT2D eigenvalue weighted by Crippen LogP contribution is -1.97. The zero-order chi connectivity index (χ0) is 13.4. The van der Waals surface area contributed by atoms with Gasteiger partial charge in [0, 0.05) is 4.47 Å². The van der Waals surface area contributed by atoms with E-state index >= 15 is 0 Å². The molecule has 0 aliphatic heterocycles. The van der Waals surface area contributed by atoms with Crippen molar-refractivity contribution in [2.75, 3.05) is 5.32 Å². The average Bonchev–Trinajstić information content (AvgIpc) is 2.86. The van der Waals surface area contributed by atoms with Gasteiger partial charge in [0.25, 0.3) is 0 Å². The highest BCUT2D eigenvalue weighted by atomic mass is 79.9. The smallest absolute Gasteiger partial charge is 0.130 e. The van der Waals surface area contributed by atoms with Gasteiger partial charge in [-0.05, 0) is 47.1 Å². The number of nitrogens with zero attached hydrogens (tertiary/aromatic N) is 3. The number of hydrogen-bond acceptors (Lipinski definition) is 5. The molecular weight excluding hydrogens is 348 g/mol. The lowest BCUT2D eigenvalue weighted by molar-refractivity contribution is 1.18. The fourth-order valence-corrected chi connectivity index (χ4v) is 2.65. The van der Waals surface area contributed by atoms with E-state index in [-0.39, 0.29) is 0 Å². The highest BCUT2D eigenvalue weighted by Crippen LogP contribution is 2.32. The van der Waals surface area contributed by atoms with Gasteiger partial charge in [0.2, 0.25) is 0 Å². The van der Waals surface area contributed by atoms with Crippen molar-refractivity contribution in [2.45, 2.75) is 6.92 Å². The summed E-state index contributed by atoms with van der Waals surface area (Å²) < 4.78 is 9.43. The molecule has 0 atom stereocenters. The summed E-state index contributed by atoms with van der Waals surface area (Å²) >= 11 is 10.8. The first-order chi connectivity index (χ1) is 9.15. The number of halogens is 2. The topological polar surface area (TPSA) is 50.7 Å². The van der Waals surface area contributed by atoms with Crippen molar-refractivity contribution < 1.29 is 0 Å². The minimum Gasteiger partial charge on any atom is -0.337 e. The van der Waals surface area contributed by atoms with Crippen LogP contribution in [-0.4, -0.2) is 13.7 Å². The fraction of sp³-hybridized carbons (Fsp3) is 0.0833. The summed E-state index contributed by atoms with van der Waals surface area (Å²) in [4.78, 5) is 4.44. The number of fused-ring (bicyclic) bond motifs is 1. The maximum atomic E-state index is 6.22. The second kappa shape index (κ2) is 5.03. The van der Waals surface area contributed by atoms with Gasteiger partial charge >= 0.3 is 0 Å². The third-order valence-corrected chi connectivity index (χ3v) is 4.35. The number of nitrogens with one attached hydrogen (secondary N) is 1. The Hall–Kier alpha value is -1.24. The molecule has 1 aromatic carbocycles. The van der Waals surface area contributed by atoms with Gasteiger partial charge in [0.1, 0.15) is 16.9 Å². The van der Waals surface area contributed by atoms with Crippen molar-refractivity contribution in [3.63, 3.8) is 0 Å². The molecule has 4 nitrogen and oxygen atoms in total. The summed E-state index contributed by atoms with van der Waals surface area (Å²) in [6, 6.07) is 7.48. The molecule has 2 aromatic heterocycles. The van der Waals surface area contributed by atoms with Gasteiger partial charge in [0.15, 0.2) is 0 Å². The molecule has 3 aromatic rings. The zero-order valence-corrected chi connectivity index (χ0v) is 13.0. The van der Waals surface area contributed by atoms with Crippen molar-refractivity contribution in [3.8, 4) is 0 Å². The number of hydrogen-bond donors (Lipinski definition) is 1. The Morgan fingerprint density at radius 1 is 1.21 bits per heavy atom. The van der Waals surface area contributed by atoms with Gasteiger partial charge in [-0.3, -0.25) is 0 Å². The Morgan fingerprint density at radius 2 is 2.05 bits per heavy atom. The number of anilines is 2. The van der Waals surface area contributed by atoms with Crippen molar-refractivity contribution >= 4 is 61.8 Å². The molecule has 7 heteroatoms. The summed E-state index contributed by atoms with van der Waals surface area (Å²) in [6.07, 6.45) is 0. The van der Waals surface area contributed by atoms with Crippen LogP contribution in [0.4, 0.5) is 11.5 Å². The fourth-order valence-electron chi connectivity index (χ4n) is 1.69. The Labute approximate surface area is 127 Å². The molecule has 0 fully saturated rings. The molecule has 0 aliphatic rings. The maximum absolute atomic E-state index is 6.22. The molecular formula is C12H8BrClN4S. The van der Waals surface area contributed by atoms with Gasteiger partial charge in [-0.2, -0.15) is 8.75 Å². The molecule has 3 rings (SSSR count). The lowest BCUT2D eigenvalue weighted by atomic mass is 10.2. The normalized spacial score (nSPS) is 10.9. The van der Waals surface area contributed by atoms with Crippen LogP contribution in [0.3, 0.4) is 0 Å². The molecule has 0 unspecified atom stereocenters. The number of rotatable bonds is 2. The minimum absolute atomic E-state index is 0.600. The van der Waals surface area contributed by atoms with Crippen LogP contribution < -0.4 is 5.32 Å². The van der Waals surface area contributed by atoms with E-state index in [0.29, 0.717) is 5.02 Å². The minimum atomic E-state index is 0.600. The van der Waals surface area contributed by atoms with Crippen LogP contribution in [0.1, 0.15) is 5.69 Å². The molecule has 0 amide bonds. The van der Waals surface area contributed by atoms with Gasteiger partial charge in [-0.15, -0.1) is 0 Å². The van der Waals surface area contributed by atoms with Crippen molar-refractivity contribution in [3.05, 3.63) is 39.5 Å². The van der Waals surface area contributed by atoms with Crippen molar-refractivity contribution in [1.82, 2.24) is 13.7 Å². The van der Waals surface area contributed by atoms with Gasteiger partial charge in [0.05, 0.1) is 28.1 Å². The molecule has 96 valence electrons. The standard InChI is InChI=1S/C12H8BrClN4S/c1-6-7(13)2-5-10(15-6)16-11-8(14)3-4-9-12(11)18-19-17-9/h2-5H,1H3,(H,15,16). The quantitative estimate of drug-likeness (QED) is 0.732. The predicted molar refractivity (Wildman–Crippen MR) is 82.4 cm³/mol. The monoisotopic (exact) mass is 354 g/mol. The zero-order valence-electron chi connectivity index (χ0n) is 9.82. The highest BCUT2D eigenvalue weighted by Gasteiger charge is 2.11. The van der Waals surface area contributed by atoms with Crippen LogP contribution in [0.15, 0.2) is 28.7 Å². The number of pyridine rings is 1. The van der Waals surface area contributed by atoms with E-state index in [1.165, 1.54) is 11.7 Å². The Kier molecular flexibility index (Phi) is 3.38. The van der Waals surface area contributed by atoms with E-state index in [0.717, 1.165) is 32.7 Å². The molecule has 19 heavy (non-hydrogen) atoms. The van der Waals surface area contributed by atoms with E-state index < -0.39 is 0 Å². The lowest BCUT2D eigenvalue weighted by Gasteiger charge is -2.09. The van der Waals surface area contributed by atoms with E-state index in [4.69, 9.17) is 11.6 Å². The van der Waals surface area contributed by atoms with Crippen LogP contribution in [-0.2, 0) is 0 Å². The third kappa shape index (κ3) is 2.43. The summed E-state index contributed by atoms with van der Waals surface area (Å²) in [6.45, 7) is 1.93. The number of benzene rings is 1. The molecule has 0 saturated heterocycles. The largest absolute Gasteiger partial charge is 0.337 e. The van der Waals surface area contributed by atoms with Crippen LogP contribution >= 0.6 is 39.3 Å². The summed E-state index contributed by atoms with van der Waals surface area (Å²) in [7, 11) is 0. The predicted octanol–water partition coefficient (Wildman–Crippen LogP) is 4.55. The summed E-state index contributed by atoms with van der Waals surface area (Å²) in [5, 5.41) is 3.81. The Bertz CT molecular complexity index is 759. The molecule has 0 saturated carbocycles. The van der Waals surface area contributed by atoms with Crippen molar-refractivity contribution in [1.29, 1.82) is 0 Å². The second-order valence-corrected chi connectivity index (χ2v) is 5.73. The third-order valence-electron chi connectivity index (χ3n) is 2.65. The highest BCUT2D eigenvalue weighted by molar-refractivity contribution is 9.10. The Morgan fingerprint density at radius 3 is 2.84 bits per heavy atom. The second-order valence-electron chi connectivity index (χ2n) is 3.94. The SMILES string of the molecule is Cc1nc(Nc2c(Cl)ccc3nsnc23)ccc1Br. The molecule has 0 radical (unpaired) electrons. The Balaban J connectivity index is 2.07. The molecule has 2 heterocycles. The first-order valence-electron chi connectivity index (χ1n) is 5.46. The average molecular weight is 356 g/mol. The van der Waals surface area contributed by atoms with Gasteiger partial charge < -0.3 is 5.32 Å². The van der Waals surface area contributed by atoms with Crippen LogP contribution in [0.2, 0.25) is 5.02 Å².